The van der Waals surface area contributed by atoms with E-state index in [1.54, 1.807) is 17.0 Å². The van der Waals surface area contributed by atoms with Crippen molar-refractivity contribution in [1.82, 2.24) is 9.80 Å². The smallest absolute Gasteiger partial charge is 0.254 e. The van der Waals surface area contributed by atoms with Crippen LogP contribution < -0.4 is 4.72 Å². The van der Waals surface area contributed by atoms with Crippen molar-refractivity contribution in [1.29, 1.82) is 0 Å². The van der Waals surface area contributed by atoms with E-state index in [0.29, 0.717) is 24.6 Å². The molecule has 1 saturated heterocycles. The van der Waals surface area contributed by atoms with Crippen molar-refractivity contribution in [3.8, 4) is 0 Å². The maximum absolute atomic E-state index is 12.7. The highest BCUT2D eigenvalue weighted by Gasteiger charge is 2.23. The van der Waals surface area contributed by atoms with Gasteiger partial charge in [-0.05, 0) is 37.1 Å². The molecule has 6 nitrogen and oxygen atoms in total. The first-order valence-corrected chi connectivity index (χ1v) is 10.7. The van der Waals surface area contributed by atoms with E-state index in [1.165, 1.54) is 6.07 Å². The van der Waals surface area contributed by atoms with Crippen LogP contribution in [-0.2, 0) is 10.0 Å². The Morgan fingerprint density at radius 2 is 1.88 bits per heavy atom. The number of nitrogens with one attached hydrogen (secondary N) is 1. The van der Waals surface area contributed by atoms with Crippen molar-refractivity contribution in [3.63, 3.8) is 0 Å². The highest BCUT2D eigenvalue weighted by molar-refractivity contribution is 7.92. The Morgan fingerprint density at radius 1 is 1.24 bits per heavy atom. The average Bonchev–Trinajstić information content (AvgIpc) is 2.53. The number of benzene rings is 1. The Kier molecular flexibility index (Phi) is 6.71. The van der Waals surface area contributed by atoms with Gasteiger partial charge in [0.2, 0.25) is 10.0 Å². The van der Waals surface area contributed by atoms with Crippen LogP contribution in [0.5, 0.6) is 0 Å². The summed E-state index contributed by atoms with van der Waals surface area (Å²) in [7, 11) is -3.45. The fourth-order valence-electron chi connectivity index (χ4n) is 2.73. The minimum Gasteiger partial charge on any atom is -0.336 e. The summed E-state index contributed by atoms with van der Waals surface area (Å²) in [6, 6.07) is 4.67. The van der Waals surface area contributed by atoms with E-state index in [-0.39, 0.29) is 16.6 Å². The van der Waals surface area contributed by atoms with Gasteiger partial charge >= 0.3 is 0 Å². The van der Waals surface area contributed by atoms with Gasteiger partial charge in [-0.2, -0.15) is 0 Å². The van der Waals surface area contributed by atoms with Gasteiger partial charge in [0.1, 0.15) is 0 Å². The van der Waals surface area contributed by atoms with Crippen molar-refractivity contribution in [2.45, 2.75) is 20.3 Å². The largest absolute Gasteiger partial charge is 0.336 e. The predicted octanol–water partition coefficient (Wildman–Crippen LogP) is 2.52. The molecule has 140 valence electrons. The third-order valence-electron chi connectivity index (χ3n) is 4.19. The molecule has 0 spiro atoms. The fraction of sp³-hybridized carbons (Fsp3) is 0.588. The number of halogens is 1. The number of carbonyl (C=O) groups excluding carboxylic acids is 1. The number of hydrogen-bond donors (Lipinski definition) is 1. The van der Waals surface area contributed by atoms with Gasteiger partial charge in [-0.1, -0.05) is 25.4 Å². The van der Waals surface area contributed by atoms with E-state index >= 15 is 0 Å². The van der Waals surface area contributed by atoms with Crippen LogP contribution in [0.2, 0.25) is 5.02 Å². The molecule has 0 atom stereocenters. The zero-order chi connectivity index (χ0) is 18.6. The second-order valence-corrected chi connectivity index (χ2v) is 9.04. The monoisotopic (exact) mass is 387 g/mol. The molecule has 0 aromatic heterocycles. The second-order valence-electron chi connectivity index (χ2n) is 6.89. The lowest BCUT2D eigenvalue weighted by molar-refractivity contribution is 0.0632. The lowest BCUT2D eigenvalue weighted by Crippen LogP contribution is -2.49. The summed E-state index contributed by atoms with van der Waals surface area (Å²) >= 11 is 6.01. The van der Waals surface area contributed by atoms with E-state index in [1.807, 2.05) is 0 Å². The minimum atomic E-state index is -3.45. The first-order valence-electron chi connectivity index (χ1n) is 8.44. The summed E-state index contributed by atoms with van der Waals surface area (Å²) in [5.74, 6) is 0.575. The molecule has 1 N–H and O–H groups in total. The van der Waals surface area contributed by atoms with E-state index in [9.17, 15) is 13.2 Å². The highest BCUT2D eigenvalue weighted by Crippen LogP contribution is 2.25. The molecule has 0 unspecified atom stereocenters. The molecule has 8 heteroatoms. The molecule has 1 aromatic carbocycles. The summed E-state index contributed by atoms with van der Waals surface area (Å²) in [4.78, 5) is 16.9. The number of piperazine rings is 1. The van der Waals surface area contributed by atoms with E-state index < -0.39 is 10.0 Å². The quantitative estimate of drug-likeness (QED) is 0.814. The first-order chi connectivity index (χ1) is 11.7. The topological polar surface area (TPSA) is 69.7 Å². The zero-order valence-electron chi connectivity index (χ0n) is 15.0. The van der Waals surface area contributed by atoms with Gasteiger partial charge in [-0.25, -0.2) is 8.42 Å². The molecule has 0 radical (unpaired) electrons. The lowest BCUT2D eigenvalue weighted by Gasteiger charge is -2.35. The molecule has 1 aliphatic rings. The van der Waals surface area contributed by atoms with Crippen molar-refractivity contribution in [3.05, 3.63) is 28.8 Å². The normalized spacial score (nSPS) is 16.3. The average molecular weight is 388 g/mol. The first kappa shape index (κ1) is 20.0. The molecule has 1 aliphatic heterocycles. The minimum absolute atomic E-state index is 0.100. The van der Waals surface area contributed by atoms with Gasteiger partial charge < -0.3 is 4.90 Å². The zero-order valence-corrected chi connectivity index (χ0v) is 16.5. The van der Waals surface area contributed by atoms with Gasteiger partial charge in [-0.3, -0.25) is 14.4 Å². The van der Waals surface area contributed by atoms with Crippen LogP contribution >= 0.6 is 11.6 Å². The highest BCUT2D eigenvalue weighted by atomic mass is 35.5. The van der Waals surface area contributed by atoms with Gasteiger partial charge in [0.25, 0.3) is 5.91 Å². The molecule has 25 heavy (non-hydrogen) atoms. The van der Waals surface area contributed by atoms with Crippen molar-refractivity contribution in [2.75, 3.05) is 43.7 Å². The van der Waals surface area contributed by atoms with Crippen LogP contribution in [0.15, 0.2) is 18.2 Å². The van der Waals surface area contributed by atoms with Crippen LogP contribution in [0.25, 0.3) is 0 Å². The van der Waals surface area contributed by atoms with Crippen molar-refractivity contribution in [2.24, 2.45) is 5.92 Å². The van der Waals surface area contributed by atoms with Gasteiger partial charge in [0, 0.05) is 31.7 Å². The maximum Gasteiger partial charge on any atom is 0.254 e. The number of sulfonamides is 1. The predicted molar refractivity (Wildman–Crippen MR) is 102 cm³/mol. The van der Waals surface area contributed by atoms with Crippen LogP contribution in [-0.4, -0.2) is 63.1 Å². The van der Waals surface area contributed by atoms with Crippen molar-refractivity contribution < 1.29 is 13.2 Å². The van der Waals surface area contributed by atoms with Crippen LogP contribution in [0.4, 0.5) is 5.69 Å². The molecule has 1 amide bonds. The van der Waals surface area contributed by atoms with Crippen molar-refractivity contribution >= 4 is 33.2 Å². The molecular formula is C17H26ClN3O3S. The van der Waals surface area contributed by atoms with Gasteiger partial charge in [0.15, 0.2) is 0 Å². The molecular weight excluding hydrogens is 362 g/mol. The number of rotatable bonds is 6. The Labute approximate surface area is 155 Å². The lowest BCUT2D eigenvalue weighted by atomic mass is 10.1. The van der Waals surface area contributed by atoms with Crippen LogP contribution in [0, 0.1) is 5.92 Å². The van der Waals surface area contributed by atoms with Gasteiger partial charge in [0.05, 0.1) is 17.0 Å². The number of carbonyl (C=O) groups is 1. The number of nitrogens with zero attached hydrogens (tertiary/aromatic N) is 2. The molecule has 1 heterocycles. The Bertz CT molecular complexity index is 714. The summed E-state index contributed by atoms with van der Waals surface area (Å²) in [5, 5.41) is 0.264. The SMILES string of the molecule is CC(C)CCN1CCN(C(=O)c2ccc(Cl)c(NS(C)(=O)=O)c2)CC1. The molecule has 2 rings (SSSR count). The number of hydrogen-bond acceptors (Lipinski definition) is 4. The van der Waals surface area contributed by atoms with E-state index in [4.69, 9.17) is 11.6 Å². The molecule has 1 fully saturated rings. The summed E-state index contributed by atoms with van der Waals surface area (Å²) in [6.07, 6.45) is 2.21. The van der Waals surface area contributed by atoms with Gasteiger partial charge in [-0.15, -0.1) is 0 Å². The maximum atomic E-state index is 12.7. The van der Waals surface area contributed by atoms with E-state index in [2.05, 4.69) is 23.5 Å². The number of anilines is 1. The molecule has 1 aromatic rings. The summed E-state index contributed by atoms with van der Waals surface area (Å²) < 4.78 is 25.2. The fourth-order valence-corrected chi connectivity index (χ4v) is 3.52. The Hall–Kier alpha value is -1.31. The van der Waals surface area contributed by atoms with Crippen LogP contribution in [0.1, 0.15) is 30.6 Å². The Balaban J connectivity index is 2.01. The molecule has 0 bridgehead atoms. The third kappa shape index (κ3) is 6.17. The Morgan fingerprint density at radius 3 is 2.44 bits per heavy atom. The van der Waals surface area contributed by atoms with E-state index in [0.717, 1.165) is 32.3 Å². The third-order valence-corrected chi connectivity index (χ3v) is 5.11. The molecule has 0 saturated carbocycles. The summed E-state index contributed by atoms with van der Waals surface area (Å²) in [6.45, 7) is 8.55. The number of amides is 1. The second kappa shape index (κ2) is 8.38. The summed E-state index contributed by atoms with van der Waals surface area (Å²) in [5.41, 5.74) is 0.664. The van der Waals surface area contributed by atoms with Crippen LogP contribution in [0.3, 0.4) is 0 Å². The molecule has 0 aliphatic carbocycles. The standard InChI is InChI=1S/C17H26ClN3O3S/c1-13(2)6-7-20-8-10-21(11-9-20)17(22)14-4-5-15(18)16(12-14)19-25(3,23)24/h4-5,12-13,19H,6-11H2,1-3H3.